The van der Waals surface area contributed by atoms with Crippen molar-refractivity contribution in [3.63, 3.8) is 0 Å². The van der Waals surface area contributed by atoms with Gasteiger partial charge in [-0.2, -0.15) is 5.10 Å². The topological polar surface area (TPSA) is 68.0 Å². The van der Waals surface area contributed by atoms with E-state index in [2.05, 4.69) is 20.0 Å². The van der Waals surface area contributed by atoms with Crippen LogP contribution in [0.1, 0.15) is 23.4 Å². The molecule has 0 aliphatic heterocycles. The van der Waals surface area contributed by atoms with Gasteiger partial charge in [-0.3, -0.25) is 9.58 Å². The minimum atomic E-state index is -0.299. The second kappa shape index (κ2) is 9.21. The number of urea groups is 1. The zero-order chi connectivity index (χ0) is 22.7. The maximum absolute atomic E-state index is 13.4. The van der Waals surface area contributed by atoms with Crippen LogP contribution in [-0.4, -0.2) is 31.9 Å². The summed E-state index contributed by atoms with van der Waals surface area (Å²) in [5, 5.41) is 8.51. The summed E-state index contributed by atoms with van der Waals surface area (Å²) in [7, 11) is 1.90. The largest absolute Gasteiger partial charge is 0.338 e. The Hall–Kier alpha value is -3.68. The van der Waals surface area contributed by atoms with E-state index in [9.17, 15) is 9.18 Å². The SMILES string of the molecule is Cc1cncn1CCCNC(=O)N(Cc1ccc(F)cc1)c1ccc2nn(C)c(C)c2c1. The molecule has 4 aromatic rings. The van der Waals surface area contributed by atoms with Gasteiger partial charge in [0.15, 0.2) is 0 Å². The lowest BCUT2D eigenvalue weighted by Crippen LogP contribution is -2.40. The molecule has 1 N–H and O–H groups in total. The number of amides is 2. The van der Waals surface area contributed by atoms with Crippen LogP contribution < -0.4 is 10.2 Å². The number of nitrogens with zero attached hydrogens (tertiary/aromatic N) is 5. The molecule has 2 aromatic heterocycles. The van der Waals surface area contributed by atoms with Crippen LogP contribution in [0.2, 0.25) is 0 Å². The molecule has 0 fully saturated rings. The lowest BCUT2D eigenvalue weighted by atomic mass is 10.1. The van der Waals surface area contributed by atoms with Gasteiger partial charge in [-0.25, -0.2) is 14.2 Å². The fourth-order valence-corrected chi connectivity index (χ4v) is 3.69. The summed E-state index contributed by atoms with van der Waals surface area (Å²) < 4.78 is 17.3. The van der Waals surface area contributed by atoms with E-state index in [-0.39, 0.29) is 11.8 Å². The number of nitrogens with one attached hydrogen (secondary N) is 1. The molecule has 0 aliphatic carbocycles. The minimum absolute atomic E-state index is 0.197. The third-order valence-corrected chi connectivity index (χ3v) is 5.70. The molecule has 7 nitrogen and oxygen atoms in total. The first kappa shape index (κ1) is 21.5. The van der Waals surface area contributed by atoms with E-state index in [0.29, 0.717) is 13.1 Å². The normalized spacial score (nSPS) is 11.1. The van der Waals surface area contributed by atoms with Crippen LogP contribution in [0.25, 0.3) is 10.9 Å². The number of hydrogen-bond donors (Lipinski definition) is 1. The lowest BCUT2D eigenvalue weighted by molar-refractivity contribution is 0.245. The quantitative estimate of drug-likeness (QED) is 0.440. The van der Waals surface area contributed by atoms with E-state index < -0.39 is 0 Å². The monoisotopic (exact) mass is 434 g/mol. The molecule has 0 saturated heterocycles. The average Bonchev–Trinajstić information content (AvgIpc) is 3.32. The highest BCUT2D eigenvalue weighted by atomic mass is 19.1. The van der Waals surface area contributed by atoms with Crippen molar-refractivity contribution >= 4 is 22.6 Å². The molecule has 0 spiro atoms. The number of carbonyl (C=O) groups is 1. The van der Waals surface area contributed by atoms with Crippen molar-refractivity contribution in [1.29, 1.82) is 0 Å². The van der Waals surface area contributed by atoms with Crippen molar-refractivity contribution in [2.45, 2.75) is 33.4 Å². The summed E-state index contributed by atoms with van der Waals surface area (Å²) in [6.45, 7) is 5.65. The molecular formula is C24H27FN6O. The van der Waals surface area contributed by atoms with E-state index in [1.807, 2.05) is 50.0 Å². The van der Waals surface area contributed by atoms with E-state index in [0.717, 1.165) is 46.5 Å². The Bertz CT molecular complexity index is 1230. The van der Waals surface area contributed by atoms with Crippen molar-refractivity contribution in [2.75, 3.05) is 11.4 Å². The fraction of sp³-hybridized carbons (Fsp3) is 0.292. The number of imidazole rings is 1. The van der Waals surface area contributed by atoms with Crippen molar-refractivity contribution in [1.82, 2.24) is 24.6 Å². The standard InChI is InChI=1S/C24H27FN6O/c1-17-14-26-16-30(17)12-4-11-27-24(32)31(15-19-5-7-20(25)8-6-19)21-9-10-23-22(13-21)18(2)29(3)28-23/h5-10,13-14,16H,4,11-12,15H2,1-3H3,(H,27,32). The van der Waals surface area contributed by atoms with E-state index in [1.165, 1.54) is 12.1 Å². The number of halogens is 1. The first-order valence-electron chi connectivity index (χ1n) is 10.6. The van der Waals surface area contributed by atoms with Crippen molar-refractivity contribution < 1.29 is 9.18 Å². The van der Waals surface area contributed by atoms with Gasteiger partial charge in [0.05, 0.1) is 18.4 Å². The summed E-state index contributed by atoms with van der Waals surface area (Å²) in [6.07, 6.45) is 4.40. The van der Waals surface area contributed by atoms with Crippen LogP contribution >= 0.6 is 0 Å². The molecule has 0 atom stereocenters. The number of aromatic nitrogens is 4. The van der Waals surface area contributed by atoms with Gasteiger partial charge in [-0.1, -0.05) is 12.1 Å². The Morgan fingerprint density at radius 1 is 1.16 bits per heavy atom. The van der Waals surface area contributed by atoms with Crippen LogP contribution in [0, 0.1) is 19.7 Å². The highest BCUT2D eigenvalue weighted by molar-refractivity contribution is 5.95. The molecule has 0 unspecified atom stereocenters. The van der Waals surface area contributed by atoms with Gasteiger partial charge in [-0.05, 0) is 56.2 Å². The van der Waals surface area contributed by atoms with Crippen LogP contribution in [0.15, 0.2) is 55.0 Å². The number of carbonyl (C=O) groups excluding carboxylic acids is 1. The smallest absolute Gasteiger partial charge is 0.322 e. The Balaban J connectivity index is 1.52. The van der Waals surface area contributed by atoms with Crippen molar-refractivity contribution in [3.8, 4) is 0 Å². The van der Waals surface area contributed by atoms with Gasteiger partial charge < -0.3 is 9.88 Å². The van der Waals surface area contributed by atoms with Crippen molar-refractivity contribution in [3.05, 3.63) is 77.8 Å². The van der Waals surface area contributed by atoms with Gasteiger partial charge in [0.25, 0.3) is 0 Å². The number of benzene rings is 2. The molecular weight excluding hydrogens is 407 g/mol. The van der Waals surface area contributed by atoms with E-state index in [1.54, 1.807) is 23.4 Å². The van der Waals surface area contributed by atoms with E-state index >= 15 is 0 Å². The van der Waals surface area contributed by atoms with Gasteiger partial charge in [0, 0.05) is 48.8 Å². The number of hydrogen-bond acceptors (Lipinski definition) is 3. The molecule has 32 heavy (non-hydrogen) atoms. The molecule has 166 valence electrons. The first-order chi connectivity index (χ1) is 15.4. The van der Waals surface area contributed by atoms with Gasteiger partial charge in [-0.15, -0.1) is 0 Å². The molecule has 0 aliphatic rings. The molecule has 0 radical (unpaired) electrons. The fourth-order valence-electron chi connectivity index (χ4n) is 3.69. The molecule has 0 saturated carbocycles. The zero-order valence-electron chi connectivity index (χ0n) is 18.5. The molecule has 4 rings (SSSR count). The van der Waals surface area contributed by atoms with Gasteiger partial charge >= 0.3 is 6.03 Å². The average molecular weight is 435 g/mol. The van der Waals surface area contributed by atoms with Crippen LogP contribution in [0.4, 0.5) is 14.9 Å². The minimum Gasteiger partial charge on any atom is -0.338 e. The van der Waals surface area contributed by atoms with Gasteiger partial charge in [0.1, 0.15) is 5.82 Å². The molecule has 0 bridgehead atoms. The third kappa shape index (κ3) is 4.64. The summed E-state index contributed by atoms with van der Waals surface area (Å²) in [6, 6.07) is 11.8. The number of rotatable bonds is 7. The maximum atomic E-state index is 13.4. The number of fused-ring (bicyclic) bond motifs is 1. The summed E-state index contributed by atoms with van der Waals surface area (Å²) in [4.78, 5) is 19.0. The predicted molar refractivity (Wildman–Crippen MR) is 123 cm³/mol. The summed E-state index contributed by atoms with van der Waals surface area (Å²) in [5.41, 5.74) is 4.61. The number of aryl methyl sites for hydroxylation is 4. The second-order valence-electron chi connectivity index (χ2n) is 7.94. The van der Waals surface area contributed by atoms with Gasteiger partial charge in [0.2, 0.25) is 0 Å². The van der Waals surface area contributed by atoms with Crippen molar-refractivity contribution in [2.24, 2.45) is 7.05 Å². The second-order valence-corrected chi connectivity index (χ2v) is 7.94. The Morgan fingerprint density at radius 3 is 2.66 bits per heavy atom. The Labute approximate surface area is 186 Å². The van der Waals surface area contributed by atoms with Crippen LogP contribution in [0.3, 0.4) is 0 Å². The predicted octanol–water partition coefficient (Wildman–Crippen LogP) is 4.33. The third-order valence-electron chi connectivity index (χ3n) is 5.70. The lowest BCUT2D eigenvalue weighted by Gasteiger charge is -2.24. The van der Waals surface area contributed by atoms with Crippen LogP contribution in [-0.2, 0) is 20.1 Å². The highest BCUT2D eigenvalue weighted by Gasteiger charge is 2.18. The summed E-state index contributed by atoms with van der Waals surface area (Å²) in [5.74, 6) is -0.299. The van der Waals surface area contributed by atoms with E-state index in [4.69, 9.17) is 0 Å². The molecule has 2 heterocycles. The van der Waals surface area contributed by atoms with Crippen LogP contribution in [0.5, 0.6) is 0 Å². The highest BCUT2D eigenvalue weighted by Crippen LogP contribution is 2.25. The Morgan fingerprint density at radius 2 is 1.94 bits per heavy atom. The summed E-state index contributed by atoms with van der Waals surface area (Å²) >= 11 is 0. The Kier molecular flexibility index (Phi) is 6.20. The maximum Gasteiger partial charge on any atom is 0.322 e. The molecule has 2 amide bonds. The molecule has 2 aromatic carbocycles. The number of anilines is 1. The molecule has 8 heteroatoms. The first-order valence-corrected chi connectivity index (χ1v) is 10.6. The zero-order valence-corrected chi connectivity index (χ0v) is 18.5.